The molecular weight excluding hydrogens is 416 g/mol. The molecule has 2 unspecified atom stereocenters. The topological polar surface area (TPSA) is 61.8 Å². The highest BCUT2D eigenvalue weighted by Gasteiger charge is 2.13. The average molecular weight is 467 g/mol. The summed E-state index contributed by atoms with van der Waals surface area (Å²) in [7, 11) is 0. The minimum Gasteiger partial charge on any atom is -0.349 e. The molecule has 0 aliphatic rings. The van der Waals surface area contributed by atoms with Gasteiger partial charge in [-0.05, 0) is 63.5 Å². The van der Waals surface area contributed by atoms with Crippen LogP contribution in [0.4, 0.5) is 0 Å². The van der Waals surface area contributed by atoms with E-state index in [0.29, 0.717) is 26.1 Å². The Labute approximate surface area is 203 Å². The van der Waals surface area contributed by atoms with E-state index in [1.165, 1.54) is 0 Å². The van der Waals surface area contributed by atoms with Crippen molar-refractivity contribution in [1.29, 1.82) is 0 Å². The summed E-state index contributed by atoms with van der Waals surface area (Å²) >= 11 is 0. The van der Waals surface area contributed by atoms with Crippen LogP contribution in [0.25, 0.3) is 0 Å². The van der Waals surface area contributed by atoms with Crippen LogP contribution < -0.4 is 0 Å². The highest BCUT2D eigenvalue weighted by molar-refractivity contribution is 5.49. The summed E-state index contributed by atoms with van der Waals surface area (Å²) in [5, 5.41) is 0. The second-order valence-corrected chi connectivity index (χ2v) is 8.49. The van der Waals surface area contributed by atoms with Crippen LogP contribution in [0.15, 0.2) is 24.3 Å². The van der Waals surface area contributed by atoms with E-state index in [1.807, 2.05) is 12.2 Å². The summed E-state index contributed by atoms with van der Waals surface area (Å²) < 4.78 is 18.2. The average Bonchev–Trinajstić information content (AvgIpc) is 2.82. The Morgan fingerprint density at radius 1 is 0.545 bits per heavy atom. The van der Waals surface area contributed by atoms with Gasteiger partial charge in [-0.25, -0.2) is 0 Å². The molecule has 0 aromatic heterocycles. The number of ether oxygens (including phenoxy) is 3. The monoisotopic (exact) mass is 466 g/mol. The van der Waals surface area contributed by atoms with Crippen molar-refractivity contribution in [2.75, 3.05) is 13.2 Å². The molecule has 0 saturated heterocycles. The van der Waals surface area contributed by atoms with Crippen molar-refractivity contribution < 1.29 is 23.8 Å². The van der Waals surface area contributed by atoms with Crippen LogP contribution in [0.3, 0.4) is 0 Å². The third-order valence-electron chi connectivity index (χ3n) is 5.30. The number of carbonyl (C=O) groups excluding carboxylic acids is 2. The zero-order chi connectivity index (χ0) is 24.2. The first-order valence-corrected chi connectivity index (χ1v) is 13.4. The van der Waals surface area contributed by atoms with Crippen LogP contribution in [0.2, 0.25) is 0 Å². The van der Waals surface area contributed by atoms with Gasteiger partial charge in [0.05, 0.1) is 13.2 Å². The molecule has 0 radical (unpaired) electrons. The highest BCUT2D eigenvalue weighted by Crippen LogP contribution is 2.12. The fraction of sp³-hybridized carbons (Fsp3) is 0.786. The van der Waals surface area contributed by atoms with Gasteiger partial charge in [0.25, 0.3) is 0 Å². The molecule has 5 heteroatoms. The summed E-state index contributed by atoms with van der Waals surface area (Å²) in [5.41, 5.74) is 0. The normalized spacial score (nSPS) is 13.6. The zero-order valence-corrected chi connectivity index (χ0v) is 21.4. The summed E-state index contributed by atoms with van der Waals surface area (Å²) in [5.74, 6) is 0. The molecule has 0 aromatic rings. The van der Waals surface area contributed by atoms with Gasteiger partial charge in [0.15, 0.2) is 12.6 Å². The van der Waals surface area contributed by atoms with E-state index in [0.717, 1.165) is 102 Å². The Balaban J connectivity index is 4.72. The predicted octanol–water partition coefficient (Wildman–Crippen LogP) is 7.48. The van der Waals surface area contributed by atoms with Crippen molar-refractivity contribution in [1.82, 2.24) is 0 Å². The van der Waals surface area contributed by atoms with E-state index in [-0.39, 0.29) is 0 Å². The van der Waals surface area contributed by atoms with Gasteiger partial charge in [-0.1, -0.05) is 64.5 Å². The molecule has 5 nitrogen and oxygen atoms in total. The number of hydrogen-bond donors (Lipinski definition) is 0. The third-order valence-corrected chi connectivity index (χ3v) is 5.30. The minimum absolute atomic E-state index is 0.426. The quantitative estimate of drug-likeness (QED) is 0.0572. The largest absolute Gasteiger partial charge is 0.349 e. The number of aldehydes is 2. The molecule has 33 heavy (non-hydrogen) atoms. The molecule has 0 saturated carbocycles. The maximum Gasteiger partial charge on any atom is 0.180 e. The first-order chi connectivity index (χ1) is 16.3. The molecule has 0 rings (SSSR count). The number of hydrogen-bond acceptors (Lipinski definition) is 5. The maximum absolute atomic E-state index is 10.4. The Morgan fingerprint density at radius 3 is 1.36 bits per heavy atom. The molecule has 0 aromatic carbocycles. The van der Waals surface area contributed by atoms with Crippen LogP contribution in [0.1, 0.15) is 117 Å². The molecular formula is C28H50O5. The molecule has 0 amide bonds. The Kier molecular flexibility index (Phi) is 25.9. The lowest BCUT2D eigenvalue weighted by Crippen LogP contribution is -2.25. The molecule has 2 atom stereocenters. The standard InChI is InChI=1S/C28H50O5/c1-3-5-19-25-31-27(21-15-11-7-9-13-17-23-29)33-28(32-26-20-6-4-2)22-16-12-8-10-14-18-24-30/h15-16,21-24,27-28H,3-14,17-20,25-26H2,1-2H3. The minimum atomic E-state index is -0.426. The van der Waals surface area contributed by atoms with Gasteiger partial charge < -0.3 is 23.8 Å². The fourth-order valence-electron chi connectivity index (χ4n) is 3.26. The van der Waals surface area contributed by atoms with E-state index in [9.17, 15) is 9.59 Å². The first-order valence-electron chi connectivity index (χ1n) is 13.4. The van der Waals surface area contributed by atoms with E-state index in [1.54, 1.807) is 0 Å². The van der Waals surface area contributed by atoms with Gasteiger partial charge in [-0.3, -0.25) is 0 Å². The van der Waals surface area contributed by atoms with Crippen molar-refractivity contribution in [3.8, 4) is 0 Å². The van der Waals surface area contributed by atoms with Crippen LogP contribution >= 0.6 is 0 Å². The molecule has 0 bridgehead atoms. The Morgan fingerprint density at radius 2 is 0.970 bits per heavy atom. The van der Waals surface area contributed by atoms with Crippen LogP contribution in [0.5, 0.6) is 0 Å². The summed E-state index contributed by atoms with van der Waals surface area (Å²) in [4.78, 5) is 20.8. The van der Waals surface area contributed by atoms with Crippen molar-refractivity contribution in [3.63, 3.8) is 0 Å². The molecule has 0 aliphatic carbocycles. The van der Waals surface area contributed by atoms with Gasteiger partial charge in [0.1, 0.15) is 12.6 Å². The van der Waals surface area contributed by atoms with Gasteiger partial charge in [-0.2, -0.15) is 0 Å². The van der Waals surface area contributed by atoms with Crippen LogP contribution in [-0.4, -0.2) is 38.4 Å². The van der Waals surface area contributed by atoms with E-state index in [2.05, 4.69) is 26.0 Å². The predicted molar refractivity (Wildman–Crippen MR) is 136 cm³/mol. The number of rotatable bonds is 26. The summed E-state index contributed by atoms with van der Waals surface area (Å²) in [6, 6.07) is 0. The van der Waals surface area contributed by atoms with Crippen molar-refractivity contribution >= 4 is 12.6 Å². The van der Waals surface area contributed by atoms with Crippen LogP contribution in [-0.2, 0) is 23.8 Å². The Hall–Kier alpha value is -1.30. The van der Waals surface area contributed by atoms with Crippen LogP contribution in [0, 0.1) is 0 Å². The number of allylic oxidation sites excluding steroid dienone is 2. The molecule has 192 valence electrons. The molecule has 0 heterocycles. The molecule has 0 spiro atoms. The lowest BCUT2D eigenvalue weighted by molar-refractivity contribution is -0.208. The third kappa shape index (κ3) is 23.6. The molecule has 0 aliphatic heterocycles. The SMILES string of the molecule is CCCCCOC(C=CCCCCCC=O)OC(C=CCCCCCC=O)OCCCCC. The van der Waals surface area contributed by atoms with Crippen molar-refractivity contribution in [2.24, 2.45) is 0 Å². The maximum atomic E-state index is 10.4. The fourth-order valence-corrected chi connectivity index (χ4v) is 3.26. The Bertz CT molecular complexity index is 433. The number of carbonyl (C=O) groups is 2. The van der Waals surface area contributed by atoms with E-state index < -0.39 is 12.6 Å². The zero-order valence-electron chi connectivity index (χ0n) is 21.4. The smallest absolute Gasteiger partial charge is 0.180 e. The number of unbranched alkanes of at least 4 members (excludes halogenated alkanes) is 12. The van der Waals surface area contributed by atoms with Gasteiger partial charge in [0.2, 0.25) is 0 Å². The first kappa shape index (κ1) is 31.7. The lowest BCUT2D eigenvalue weighted by Gasteiger charge is -2.21. The van der Waals surface area contributed by atoms with Gasteiger partial charge in [-0.15, -0.1) is 0 Å². The van der Waals surface area contributed by atoms with Crippen molar-refractivity contribution in [2.45, 2.75) is 129 Å². The molecule has 0 fully saturated rings. The second-order valence-electron chi connectivity index (χ2n) is 8.49. The summed E-state index contributed by atoms with van der Waals surface area (Å²) in [6.07, 6.45) is 25.4. The highest BCUT2D eigenvalue weighted by atomic mass is 16.8. The summed E-state index contributed by atoms with van der Waals surface area (Å²) in [6.45, 7) is 5.71. The van der Waals surface area contributed by atoms with Gasteiger partial charge in [0, 0.05) is 12.8 Å². The van der Waals surface area contributed by atoms with Gasteiger partial charge >= 0.3 is 0 Å². The molecule has 0 N–H and O–H groups in total. The lowest BCUT2D eigenvalue weighted by atomic mass is 10.1. The van der Waals surface area contributed by atoms with E-state index in [4.69, 9.17) is 14.2 Å². The van der Waals surface area contributed by atoms with E-state index >= 15 is 0 Å². The second kappa shape index (κ2) is 26.9. The van der Waals surface area contributed by atoms with Crippen molar-refractivity contribution in [3.05, 3.63) is 24.3 Å².